The van der Waals surface area contributed by atoms with Gasteiger partial charge in [0.25, 0.3) is 0 Å². The first-order valence-electron chi connectivity index (χ1n) is 17.0. The number of carbonyl (C=O) groups is 1. The zero-order valence-corrected chi connectivity index (χ0v) is 28.8. The summed E-state index contributed by atoms with van der Waals surface area (Å²) in [5, 5.41) is 10.1. The molecule has 0 bridgehead atoms. The van der Waals surface area contributed by atoms with Gasteiger partial charge in [0.05, 0.1) is 37.0 Å². The normalized spacial score (nSPS) is 13.6. The molecule has 0 unspecified atom stereocenters. The molecule has 1 heterocycles. The maximum absolute atomic E-state index is 13.0. The molecule has 0 spiro atoms. The van der Waals surface area contributed by atoms with Crippen molar-refractivity contribution in [3.63, 3.8) is 0 Å². The molecule has 5 rings (SSSR count). The number of benzene rings is 4. The summed E-state index contributed by atoms with van der Waals surface area (Å²) >= 11 is 6.46. The molecule has 1 saturated heterocycles. The number of carbonyl (C=O) groups excluding carboxylic acids is 1. The quantitative estimate of drug-likeness (QED) is 0.0462. The van der Waals surface area contributed by atoms with Gasteiger partial charge in [0.1, 0.15) is 23.9 Å². The Morgan fingerprint density at radius 2 is 1.62 bits per heavy atom. The summed E-state index contributed by atoms with van der Waals surface area (Å²) in [6, 6.07) is 22.4. The lowest BCUT2D eigenvalue weighted by Gasteiger charge is -2.40. The number of nitrogens with one attached hydrogen (secondary N) is 1. The molecule has 7 nitrogen and oxygen atoms in total. The zero-order valence-electron chi connectivity index (χ0n) is 28.0. The van der Waals surface area contributed by atoms with Crippen molar-refractivity contribution in [2.45, 2.75) is 65.4 Å². The molecule has 1 N–H and O–H groups in total. The van der Waals surface area contributed by atoms with Crippen LogP contribution in [-0.2, 0) is 22.5 Å². The van der Waals surface area contributed by atoms with Gasteiger partial charge in [-0.05, 0) is 84.3 Å². The predicted molar refractivity (Wildman–Crippen MR) is 191 cm³/mol. The molecule has 8 heteroatoms. The number of unbranched alkanes of at least 4 members (excludes halogenated alkanes) is 3. The summed E-state index contributed by atoms with van der Waals surface area (Å²) in [7, 11) is 0. The summed E-state index contributed by atoms with van der Waals surface area (Å²) in [6.07, 6.45) is 8.68. The molecule has 0 aliphatic carbocycles. The van der Waals surface area contributed by atoms with Crippen LogP contribution in [0.2, 0.25) is 5.02 Å². The van der Waals surface area contributed by atoms with Gasteiger partial charge in [0.2, 0.25) is 0 Å². The first-order valence-corrected chi connectivity index (χ1v) is 17.4. The van der Waals surface area contributed by atoms with Crippen LogP contribution in [0.5, 0.6) is 17.2 Å². The highest BCUT2D eigenvalue weighted by molar-refractivity contribution is 6.32. The Balaban J connectivity index is 1.08. The minimum absolute atomic E-state index is 0.241. The average molecular weight is 672 g/mol. The molecule has 1 aliphatic heterocycles. The summed E-state index contributed by atoms with van der Waals surface area (Å²) in [4.78, 5) is 13.0. The molecule has 1 fully saturated rings. The summed E-state index contributed by atoms with van der Waals surface area (Å²) in [5.74, 6) is 1.00. The van der Waals surface area contributed by atoms with E-state index >= 15 is 0 Å². The van der Waals surface area contributed by atoms with Crippen LogP contribution < -0.4 is 14.2 Å². The molecule has 0 atom stereocenters. The van der Waals surface area contributed by atoms with E-state index in [0.29, 0.717) is 46.6 Å². The topological polar surface area (TPSA) is 87.1 Å². The van der Waals surface area contributed by atoms with Gasteiger partial charge in [-0.3, -0.25) is 0 Å². The SMILES string of the molecule is CCCc1ccc(COc2ccc(OC(=O)c3ccc4c(C=N)c(OCCCCCCOCC5(CC)COC5)ccc4c3)cc2Cl)cc1. The molecule has 4 aromatic rings. The second kappa shape index (κ2) is 17.5. The van der Waals surface area contributed by atoms with Gasteiger partial charge in [-0.25, -0.2) is 4.79 Å². The van der Waals surface area contributed by atoms with E-state index in [1.807, 2.05) is 18.2 Å². The third-order valence-corrected chi connectivity index (χ3v) is 9.18. The van der Waals surface area contributed by atoms with Crippen molar-refractivity contribution in [3.05, 3.63) is 100 Å². The van der Waals surface area contributed by atoms with E-state index in [9.17, 15) is 4.79 Å². The maximum Gasteiger partial charge on any atom is 0.343 e. The number of esters is 1. The number of hydrogen-bond acceptors (Lipinski definition) is 7. The van der Waals surface area contributed by atoms with E-state index in [1.165, 1.54) is 11.8 Å². The highest BCUT2D eigenvalue weighted by Gasteiger charge is 2.36. The van der Waals surface area contributed by atoms with E-state index in [2.05, 4.69) is 38.1 Å². The Hall–Kier alpha value is -3.91. The first kappa shape index (κ1) is 35.4. The Kier molecular flexibility index (Phi) is 12.9. The standard InChI is InChI=1S/C40H46ClNO6/c1-3-9-29-10-12-30(13-11-29)25-47-38-19-16-33(23-36(38)41)48-39(43)32-14-17-34-31(22-32)15-18-37(35(34)24-42)46-21-8-6-5-7-20-44-26-40(4-2)27-45-28-40/h10-19,22-24,42H,3-9,20-21,25-28H2,1-2H3. The molecular formula is C40H46ClNO6. The number of halogens is 1. The van der Waals surface area contributed by atoms with Gasteiger partial charge >= 0.3 is 5.97 Å². The first-order chi connectivity index (χ1) is 23.4. The largest absolute Gasteiger partial charge is 0.493 e. The minimum Gasteiger partial charge on any atom is -0.493 e. The Labute approximate surface area is 289 Å². The number of aryl methyl sites for hydroxylation is 1. The van der Waals surface area contributed by atoms with Crippen LogP contribution in [0.3, 0.4) is 0 Å². The van der Waals surface area contributed by atoms with E-state index < -0.39 is 5.97 Å². The summed E-state index contributed by atoms with van der Waals surface area (Å²) in [5.41, 5.74) is 3.68. The zero-order chi connectivity index (χ0) is 33.8. The highest BCUT2D eigenvalue weighted by atomic mass is 35.5. The fraction of sp³-hybridized carbons (Fsp3) is 0.400. The van der Waals surface area contributed by atoms with Crippen LogP contribution >= 0.6 is 11.6 Å². The van der Waals surface area contributed by atoms with Gasteiger partial charge in [-0.2, -0.15) is 0 Å². The lowest BCUT2D eigenvalue weighted by molar-refractivity contribution is -0.150. The van der Waals surface area contributed by atoms with Crippen molar-refractivity contribution in [2.24, 2.45) is 5.41 Å². The summed E-state index contributed by atoms with van der Waals surface area (Å²) in [6.45, 7) is 8.54. The molecule has 0 aromatic heterocycles. The Bertz CT molecular complexity index is 1660. The van der Waals surface area contributed by atoms with E-state index in [0.717, 1.165) is 87.7 Å². The van der Waals surface area contributed by atoms with E-state index in [-0.39, 0.29) is 5.41 Å². The molecule has 4 aromatic carbocycles. The number of rotatable bonds is 19. The minimum atomic E-state index is -0.502. The second-order valence-electron chi connectivity index (χ2n) is 12.6. The van der Waals surface area contributed by atoms with Crippen molar-refractivity contribution < 1.29 is 28.5 Å². The third-order valence-electron chi connectivity index (χ3n) is 8.89. The fourth-order valence-electron chi connectivity index (χ4n) is 5.73. The van der Waals surface area contributed by atoms with Gasteiger partial charge in [0, 0.05) is 29.9 Å². The summed E-state index contributed by atoms with van der Waals surface area (Å²) < 4.78 is 28.9. The molecule has 1 aliphatic rings. The van der Waals surface area contributed by atoms with Crippen molar-refractivity contribution >= 4 is 34.6 Å². The highest BCUT2D eigenvalue weighted by Crippen LogP contribution is 2.32. The molecular weight excluding hydrogens is 626 g/mol. The van der Waals surface area contributed by atoms with Gasteiger partial charge in [0.15, 0.2) is 0 Å². The van der Waals surface area contributed by atoms with Crippen molar-refractivity contribution in [1.82, 2.24) is 0 Å². The lowest BCUT2D eigenvalue weighted by Crippen LogP contribution is -2.45. The molecule has 254 valence electrons. The smallest absolute Gasteiger partial charge is 0.343 e. The van der Waals surface area contributed by atoms with Gasteiger partial charge in [-0.15, -0.1) is 0 Å². The lowest BCUT2D eigenvalue weighted by atomic mass is 9.84. The maximum atomic E-state index is 13.0. The Morgan fingerprint density at radius 3 is 2.31 bits per heavy atom. The van der Waals surface area contributed by atoms with Gasteiger partial charge in [-0.1, -0.05) is 74.7 Å². The number of fused-ring (bicyclic) bond motifs is 1. The number of ether oxygens (including phenoxy) is 5. The molecule has 0 radical (unpaired) electrons. The van der Waals surface area contributed by atoms with E-state index in [1.54, 1.807) is 30.3 Å². The number of hydrogen-bond donors (Lipinski definition) is 1. The van der Waals surface area contributed by atoms with Crippen molar-refractivity contribution in [3.8, 4) is 17.2 Å². The van der Waals surface area contributed by atoms with Crippen molar-refractivity contribution in [2.75, 3.05) is 33.0 Å². The Morgan fingerprint density at radius 1 is 0.875 bits per heavy atom. The second-order valence-corrected chi connectivity index (χ2v) is 13.0. The fourth-order valence-corrected chi connectivity index (χ4v) is 5.95. The predicted octanol–water partition coefficient (Wildman–Crippen LogP) is 9.62. The van der Waals surface area contributed by atoms with Crippen LogP contribution in [0.25, 0.3) is 10.8 Å². The molecule has 48 heavy (non-hydrogen) atoms. The van der Waals surface area contributed by atoms with Crippen LogP contribution in [0.4, 0.5) is 0 Å². The third kappa shape index (κ3) is 9.37. The van der Waals surface area contributed by atoms with Crippen LogP contribution in [-0.4, -0.2) is 45.2 Å². The monoisotopic (exact) mass is 671 g/mol. The van der Waals surface area contributed by atoms with Crippen LogP contribution in [0.1, 0.15) is 79.4 Å². The molecule has 0 amide bonds. The molecule has 0 saturated carbocycles. The average Bonchev–Trinajstić information content (AvgIpc) is 3.08. The van der Waals surface area contributed by atoms with Crippen molar-refractivity contribution in [1.29, 1.82) is 5.41 Å². The van der Waals surface area contributed by atoms with Gasteiger partial charge < -0.3 is 29.1 Å². The van der Waals surface area contributed by atoms with Crippen LogP contribution in [0.15, 0.2) is 72.8 Å². The van der Waals surface area contributed by atoms with Crippen LogP contribution in [0, 0.1) is 10.8 Å². The van der Waals surface area contributed by atoms with E-state index in [4.69, 9.17) is 40.7 Å².